The first kappa shape index (κ1) is 19.4. The fourth-order valence-corrected chi connectivity index (χ4v) is 8.00. The van der Waals surface area contributed by atoms with Gasteiger partial charge in [-0.25, -0.2) is 0 Å². The number of ketones is 1. The Bertz CT molecular complexity index is 821. The molecule has 2 heteroatoms. The van der Waals surface area contributed by atoms with Gasteiger partial charge in [0, 0.05) is 5.41 Å². The van der Waals surface area contributed by atoms with Crippen molar-refractivity contribution in [2.24, 2.45) is 34.5 Å². The van der Waals surface area contributed by atoms with Crippen LogP contribution >= 0.6 is 0 Å². The molecule has 1 aromatic carbocycles. The molecule has 6 atom stereocenters. The number of rotatable bonds is 2. The van der Waals surface area contributed by atoms with E-state index in [1.54, 1.807) is 7.11 Å². The normalized spacial score (nSPS) is 42.9. The maximum absolute atomic E-state index is 13.5. The van der Waals surface area contributed by atoms with Crippen LogP contribution in [-0.2, 0) is 4.79 Å². The minimum atomic E-state index is -0.128. The van der Waals surface area contributed by atoms with Gasteiger partial charge in [-0.3, -0.25) is 4.79 Å². The van der Waals surface area contributed by atoms with Gasteiger partial charge in [0.05, 0.1) is 7.11 Å². The molecule has 0 N–H and O–H groups in total. The second-order valence-corrected chi connectivity index (χ2v) is 10.8. The Balaban J connectivity index is 1.43. The number of allylic oxidation sites excluding steroid dienone is 1. The fourth-order valence-electron chi connectivity index (χ4n) is 8.00. The molecule has 0 bridgehead atoms. The first-order chi connectivity index (χ1) is 14.0. The average Bonchev–Trinajstić information content (AvgIpc) is 2.99. The van der Waals surface area contributed by atoms with Crippen LogP contribution in [0.25, 0.3) is 6.08 Å². The Morgan fingerprint density at radius 1 is 0.966 bits per heavy atom. The molecule has 4 aliphatic rings. The quantitative estimate of drug-likeness (QED) is 0.524. The van der Waals surface area contributed by atoms with Crippen molar-refractivity contribution in [2.45, 2.75) is 71.6 Å². The number of carbonyl (C=O) groups is 1. The van der Waals surface area contributed by atoms with E-state index in [2.05, 4.69) is 32.1 Å². The number of carbonyl (C=O) groups excluding carboxylic acids is 1. The highest BCUT2D eigenvalue weighted by Gasteiger charge is 2.60. The van der Waals surface area contributed by atoms with Crippen LogP contribution in [-0.4, -0.2) is 12.9 Å². The predicted molar refractivity (Wildman–Crippen MR) is 118 cm³/mol. The number of Topliss-reactive ketones (excluding diaryl/α,β-unsaturated/α-hetero) is 1. The van der Waals surface area contributed by atoms with E-state index in [9.17, 15) is 4.79 Å². The molecule has 0 heterocycles. The molecule has 0 aromatic heterocycles. The van der Waals surface area contributed by atoms with Gasteiger partial charge in [-0.1, -0.05) is 38.8 Å². The summed E-state index contributed by atoms with van der Waals surface area (Å²) in [4.78, 5) is 13.5. The van der Waals surface area contributed by atoms with Gasteiger partial charge in [0.25, 0.3) is 0 Å². The van der Waals surface area contributed by atoms with Gasteiger partial charge < -0.3 is 4.74 Å². The third kappa shape index (κ3) is 2.93. The number of methoxy groups -OCH3 is 1. The van der Waals surface area contributed by atoms with E-state index in [-0.39, 0.29) is 5.41 Å². The molecular formula is C27H36O2. The van der Waals surface area contributed by atoms with E-state index >= 15 is 0 Å². The van der Waals surface area contributed by atoms with Crippen molar-refractivity contribution in [3.63, 3.8) is 0 Å². The Labute approximate surface area is 176 Å². The second-order valence-electron chi connectivity index (χ2n) is 10.8. The summed E-state index contributed by atoms with van der Waals surface area (Å²) < 4.78 is 5.28. The van der Waals surface area contributed by atoms with Crippen molar-refractivity contribution < 1.29 is 9.53 Å². The second kappa shape index (κ2) is 7.00. The van der Waals surface area contributed by atoms with Crippen molar-refractivity contribution in [1.82, 2.24) is 0 Å². The predicted octanol–water partition coefficient (Wildman–Crippen LogP) is 6.69. The molecule has 1 aromatic rings. The van der Waals surface area contributed by atoms with Gasteiger partial charge >= 0.3 is 0 Å². The van der Waals surface area contributed by atoms with E-state index < -0.39 is 0 Å². The molecule has 0 aliphatic heterocycles. The van der Waals surface area contributed by atoms with Gasteiger partial charge in [-0.05, 0) is 103 Å². The van der Waals surface area contributed by atoms with E-state index in [0.717, 1.165) is 47.5 Å². The summed E-state index contributed by atoms with van der Waals surface area (Å²) in [6.07, 6.45) is 14.0. The number of hydrogen-bond acceptors (Lipinski definition) is 2. The first-order valence-electron chi connectivity index (χ1n) is 11.8. The molecule has 2 nitrogen and oxygen atoms in total. The summed E-state index contributed by atoms with van der Waals surface area (Å²) in [6.45, 7) is 4.90. The molecular weight excluding hydrogens is 356 g/mol. The van der Waals surface area contributed by atoms with E-state index in [4.69, 9.17) is 4.74 Å². The lowest BCUT2D eigenvalue weighted by Gasteiger charge is -2.59. The lowest BCUT2D eigenvalue weighted by Crippen LogP contribution is -2.52. The number of ether oxygens (including phenoxy) is 1. The summed E-state index contributed by atoms with van der Waals surface area (Å²) in [5.74, 6) is 4.39. The Morgan fingerprint density at radius 3 is 2.52 bits per heavy atom. The van der Waals surface area contributed by atoms with Gasteiger partial charge in [-0.15, -0.1) is 0 Å². The van der Waals surface area contributed by atoms with E-state index in [1.807, 2.05) is 12.1 Å². The summed E-state index contributed by atoms with van der Waals surface area (Å²) >= 11 is 0. The Hall–Kier alpha value is -1.57. The molecule has 156 valence electrons. The fraction of sp³-hybridized carbons (Fsp3) is 0.667. The molecule has 4 aliphatic carbocycles. The first-order valence-corrected chi connectivity index (χ1v) is 11.8. The van der Waals surface area contributed by atoms with Crippen molar-refractivity contribution in [2.75, 3.05) is 7.11 Å². The molecule has 4 saturated carbocycles. The zero-order valence-corrected chi connectivity index (χ0v) is 18.4. The topological polar surface area (TPSA) is 26.3 Å². The standard InChI is InChI=1S/C27H36O2/c1-26-14-5-4-6-20(26)9-12-22-23(26)13-15-27(2)24(22)17-19(25(27)28)16-18-7-10-21(29-3)11-8-18/h7-8,10-11,16,20,22-24H,4-6,9,12-15,17H2,1-3H3/b19-16+/t20-,22-,23-,24-,26+,27+/m1/s1. The summed E-state index contributed by atoms with van der Waals surface area (Å²) in [5, 5.41) is 0. The maximum Gasteiger partial charge on any atom is 0.165 e. The van der Waals surface area contributed by atoms with Gasteiger partial charge in [-0.2, -0.15) is 0 Å². The van der Waals surface area contributed by atoms with Crippen LogP contribution in [0.5, 0.6) is 5.75 Å². The highest BCUT2D eigenvalue weighted by atomic mass is 16.5. The monoisotopic (exact) mass is 392 g/mol. The van der Waals surface area contributed by atoms with Crippen molar-refractivity contribution in [3.8, 4) is 5.75 Å². The highest BCUT2D eigenvalue weighted by molar-refractivity contribution is 6.05. The molecule has 0 unspecified atom stereocenters. The summed E-state index contributed by atoms with van der Waals surface area (Å²) in [6, 6.07) is 8.12. The van der Waals surface area contributed by atoms with Gasteiger partial charge in [0.15, 0.2) is 5.78 Å². The molecule has 0 spiro atoms. The lowest BCUT2D eigenvalue weighted by molar-refractivity contribution is -0.137. The number of hydrogen-bond donors (Lipinski definition) is 0. The van der Waals surface area contributed by atoms with Crippen LogP contribution in [0.15, 0.2) is 29.8 Å². The number of fused-ring (bicyclic) bond motifs is 5. The van der Waals surface area contributed by atoms with Crippen LogP contribution < -0.4 is 4.74 Å². The van der Waals surface area contributed by atoms with Gasteiger partial charge in [0.2, 0.25) is 0 Å². The third-order valence-corrected chi connectivity index (χ3v) is 9.68. The van der Waals surface area contributed by atoms with Crippen LogP contribution in [0.3, 0.4) is 0 Å². The van der Waals surface area contributed by atoms with Crippen molar-refractivity contribution in [1.29, 1.82) is 0 Å². The summed E-state index contributed by atoms with van der Waals surface area (Å²) in [5.41, 5.74) is 2.60. The molecule has 0 amide bonds. The molecule has 29 heavy (non-hydrogen) atoms. The van der Waals surface area contributed by atoms with Crippen LogP contribution in [0.4, 0.5) is 0 Å². The van der Waals surface area contributed by atoms with E-state index in [1.165, 1.54) is 44.9 Å². The van der Waals surface area contributed by atoms with Crippen molar-refractivity contribution >= 4 is 11.9 Å². The Morgan fingerprint density at radius 2 is 1.76 bits per heavy atom. The van der Waals surface area contributed by atoms with Gasteiger partial charge in [0.1, 0.15) is 5.75 Å². The largest absolute Gasteiger partial charge is 0.497 e. The van der Waals surface area contributed by atoms with Crippen molar-refractivity contribution in [3.05, 3.63) is 35.4 Å². The minimum absolute atomic E-state index is 0.128. The lowest BCUT2D eigenvalue weighted by atomic mass is 9.45. The molecule has 0 radical (unpaired) electrons. The minimum Gasteiger partial charge on any atom is -0.497 e. The van der Waals surface area contributed by atoms with Crippen LogP contribution in [0, 0.1) is 34.5 Å². The summed E-state index contributed by atoms with van der Waals surface area (Å²) in [7, 11) is 1.69. The third-order valence-electron chi connectivity index (χ3n) is 9.68. The maximum atomic E-state index is 13.5. The average molecular weight is 393 g/mol. The highest BCUT2D eigenvalue weighted by Crippen LogP contribution is 2.66. The van der Waals surface area contributed by atoms with Crippen LogP contribution in [0.2, 0.25) is 0 Å². The van der Waals surface area contributed by atoms with Crippen LogP contribution in [0.1, 0.15) is 77.2 Å². The molecule has 5 rings (SSSR count). The smallest absolute Gasteiger partial charge is 0.165 e. The van der Waals surface area contributed by atoms with E-state index in [0.29, 0.717) is 17.1 Å². The Kier molecular flexibility index (Phi) is 4.68. The molecule has 0 saturated heterocycles. The SMILES string of the molecule is COc1ccc(/C=C2\C[C@@H]3[C@@H]4CC[C@H]5CCCC[C@]5(C)[C@@H]4CC[C@]3(C)C2=O)cc1. The molecule has 4 fully saturated rings. The number of benzene rings is 1. The zero-order chi connectivity index (χ0) is 20.2. The zero-order valence-electron chi connectivity index (χ0n) is 18.4.